The van der Waals surface area contributed by atoms with Crippen LogP contribution in [0.15, 0.2) is 48.5 Å². The zero-order valence-corrected chi connectivity index (χ0v) is 11.0. The predicted octanol–water partition coefficient (Wildman–Crippen LogP) is 4.50. The van der Waals surface area contributed by atoms with Crippen LogP contribution in [0.1, 0.15) is 22.6 Å². The first kappa shape index (κ1) is 12.7. The summed E-state index contributed by atoms with van der Waals surface area (Å²) < 4.78 is 0. The molecule has 0 aliphatic rings. The van der Waals surface area contributed by atoms with Gasteiger partial charge >= 0.3 is 0 Å². The molecular weight excluding hydrogens is 242 g/mol. The largest absolute Gasteiger partial charge is 0.198 e. The Balaban J connectivity index is 2.23. The van der Waals surface area contributed by atoms with Crippen LogP contribution in [-0.2, 0) is 6.42 Å². The van der Waals surface area contributed by atoms with Crippen LogP contribution in [0.25, 0.3) is 0 Å². The zero-order chi connectivity index (χ0) is 13.0. The lowest BCUT2D eigenvalue weighted by atomic mass is 9.93. The van der Waals surface area contributed by atoms with Crippen molar-refractivity contribution in [3.05, 3.63) is 70.2 Å². The molecule has 0 aliphatic carbocycles. The van der Waals surface area contributed by atoms with Gasteiger partial charge in [0.1, 0.15) is 0 Å². The third-order valence-corrected chi connectivity index (χ3v) is 3.34. The molecule has 2 heteroatoms. The highest BCUT2D eigenvalue weighted by atomic mass is 35.5. The monoisotopic (exact) mass is 255 g/mol. The van der Waals surface area contributed by atoms with Crippen molar-refractivity contribution in [3.8, 4) is 6.07 Å². The van der Waals surface area contributed by atoms with Crippen molar-refractivity contribution in [3.63, 3.8) is 0 Å². The van der Waals surface area contributed by atoms with Crippen LogP contribution in [0, 0.1) is 18.3 Å². The summed E-state index contributed by atoms with van der Waals surface area (Å²) in [5, 5.41) is 9.97. The van der Waals surface area contributed by atoms with E-state index >= 15 is 0 Å². The molecule has 1 unspecified atom stereocenters. The Morgan fingerprint density at radius 1 is 1.11 bits per heavy atom. The van der Waals surface area contributed by atoms with Crippen LogP contribution in [0.2, 0.25) is 5.02 Å². The van der Waals surface area contributed by atoms with Crippen molar-refractivity contribution in [2.45, 2.75) is 19.3 Å². The van der Waals surface area contributed by atoms with Gasteiger partial charge in [0.25, 0.3) is 0 Å². The molecule has 0 radical (unpaired) electrons. The van der Waals surface area contributed by atoms with Gasteiger partial charge in [-0.1, -0.05) is 59.6 Å². The van der Waals surface area contributed by atoms with Gasteiger partial charge in [-0.25, -0.2) is 0 Å². The lowest BCUT2D eigenvalue weighted by Crippen LogP contribution is -2.01. The summed E-state index contributed by atoms with van der Waals surface area (Å²) in [6.07, 6.45) is 0.695. The van der Waals surface area contributed by atoms with E-state index in [1.807, 2.05) is 24.3 Å². The first-order chi connectivity index (χ1) is 8.70. The lowest BCUT2D eigenvalue weighted by molar-refractivity contribution is 0.849. The van der Waals surface area contributed by atoms with Gasteiger partial charge in [-0.05, 0) is 30.5 Å². The van der Waals surface area contributed by atoms with Crippen LogP contribution in [0.4, 0.5) is 0 Å². The van der Waals surface area contributed by atoms with Crippen molar-refractivity contribution in [1.29, 1.82) is 5.26 Å². The first-order valence-corrected chi connectivity index (χ1v) is 6.28. The lowest BCUT2D eigenvalue weighted by Gasteiger charge is -2.11. The second kappa shape index (κ2) is 5.71. The average molecular weight is 256 g/mol. The van der Waals surface area contributed by atoms with Gasteiger partial charge in [0, 0.05) is 5.02 Å². The normalized spacial score (nSPS) is 11.8. The SMILES string of the molecule is Cc1ccc(CC(C#N)c2ccccc2Cl)cc1. The summed E-state index contributed by atoms with van der Waals surface area (Å²) in [5.41, 5.74) is 3.29. The fourth-order valence-corrected chi connectivity index (χ4v) is 2.21. The van der Waals surface area contributed by atoms with Gasteiger partial charge in [0.05, 0.1) is 12.0 Å². The predicted molar refractivity (Wildman–Crippen MR) is 74.7 cm³/mol. The fraction of sp³-hybridized carbons (Fsp3) is 0.188. The number of halogens is 1. The quantitative estimate of drug-likeness (QED) is 0.792. The molecule has 0 heterocycles. The van der Waals surface area contributed by atoms with Crippen LogP contribution < -0.4 is 0 Å². The molecule has 2 aromatic carbocycles. The molecule has 90 valence electrons. The Morgan fingerprint density at radius 2 is 1.78 bits per heavy atom. The molecule has 0 fully saturated rings. The molecule has 0 N–H and O–H groups in total. The molecule has 2 aromatic rings. The third-order valence-electron chi connectivity index (χ3n) is 3.00. The highest BCUT2D eigenvalue weighted by Crippen LogP contribution is 2.27. The maximum atomic E-state index is 9.31. The summed E-state index contributed by atoms with van der Waals surface area (Å²) in [7, 11) is 0. The number of benzene rings is 2. The van der Waals surface area contributed by atoms with E-state index in [9.17, 15) is 5.26 Å². The van der Waals surface area contributed by atoms with Gasteiger partial charge in [-0.15, -0.1) is 0 Å². The molecule has 1 nitrogen and oxygen atoms in total. The summed E-state index contributed by atoms with van der Waals surface area (Å²) in [4.78, 5) is 0. The van der Waals surface area contributed by atoms with Gasteiger partial charge in [-0.2, -0.15) is 5.26 Å². The van der Waals surface area contributed by atoms with Crippen molar-refractivity contribution < 1.29 is 0 Å². The maximum absolute atomic E-state index is 9.31. The van der Waals surface area contributed by atoms with Crippen molar-refractivity contribution in [2.24, 2.45) is 0 Å². The molecule has 0 amide bonds. The van der Waals surface area contributed by atoms with Gasteiger partial charge in [0.15, 0.2) is 0 Å². The molecule has 0 saturated heterocycles. The molecular formula is C16H14ClN. The molecule has 2 rings (SSSR count). The number of hydrogen-bond acceptors (Lipinski definition) is 1. The third kappa shape index (κ3) is 2.91. The van der Waals surface area contributed by atoms with Crippen LogP contribution in [0.3, 0.4) is 0 Å². The molecule has 0 saturated carbocycles. The standard InChI is InChI=1S/C16H14ClN/c1-12-6-8-13(9-7-12)10-14(11-18)15-4-2-3-5-16(15)17/h2-9,14H,10H2,1H3. The second-order valence-electron chi connectivity index (χ2n) is 4.39. The minimum absolute atomic E-state index is 0.193. The van der Waals surface area contributed by atoms with Gasteiger partial charge in [-0.3, -0.25) is 0 Å². The van der Waals surface area contributed by atoms with Crippen molar-refractivity contribution >= 4 is 11.6 Å². The average Bonchev–Trinajstić information content (AvgIpc) is 2.39. The fourth-order valence-electron chi connectivity index (χ4n) is 1.94. The van der Waals surface area contributed by atoms with Crippen LogP contribution in [-0.4, -0.2) is 0 Å². The Bertz CT molecular complexity index is 566. The van der Waals surface area contributed by atoms with E-state index < -0.39 is 0 Å². The van der Waals surface area contributed by atoms with E-state index in [-0.39, 0.29) is 5.92 Å². The minimum Gasteiger partial charge on any atom is -0.198 e. The number of aryl methyl sites for hydroxylation is 1. The van der Waals surface area contributed by atoms with Crippen LogP contribution >= 0.6 is 11.6 Å². The number of nitriles is 1. The van der Waals surface area contributed by atoms with E-state index in [0.717, 1.165) is 11.1 Å². The van der Waals surface area contributed by atoms with Crippen molar-refractivity contribution in [2.75, 3.05) is 0 Å². The maximum Gasteiger partial charge on any atom is 0.0767 e. The van der Waals surface area contributed by atoms with Crippen LogP contribution in [0.5, 0.6) is 0 Å². The molecule has 0 bridgehead atoms. The molecule has 0 aromatic heterocycles. The molecule has 1 atom stereocenters. The smallest absolute Gasteiger partial charge is 0.0767 e. The van der Waals surface area contributed by atoms with Crippen molar-refractivity contribution in [1.82, 2.24) is 0 Å². The van der Waals surface area contributed by atoms with E-state index in [4.69, 9.17) is 11.6 Å². The molecule has 0 spiro atoms. The summed E-state index contributed by atoms with van der Waals surface area (Å²) >= 11 is 6.14. The highest BCUT2D eigenvalue weighted by Gasteiger charge is 2.14. The Morgan fingerprint density at radius 3 is 2.39 bits per heavy atom. The molecule has 0 aliphatic heterocycles. The van der Waals surface area contributed by atoms with Gasteiger partial charge < -0.3 is 0 Å². The molecule has 18 heavy (non-hydrogen) atoms. The topological polar surface area (TPSA) is 23.8 Å². The first-order valence-electron chi connectivity index (χ1n) is 5.90. The summed E-state index contributed by atoms with van der Waals surface area (Å²) in [5.74, 6) is -0.193. The Labute approximate surface area is 113 Å². The zero-order valence-electron chi connectivity index (χ0n) is 10.2. The minimum atomic E-state index is -0.193. The number of nitrogens with zero attached hydrogens (tertiary/aromatic N) is 1. The van der Waals surface area contributed by atoms with E-state index in [1.165, 1.54) is 5.56 Å². The second-order valence-corrected chi connectivity index (χ2v) is 4.80. The van der Waals surface area contributed by atoms with E-state index in [1.54, 1.807) is 0 Å². The summed E-state index contributed by atoms with van der Waals surface area (Å²) in [6, 6.07) is 18.2. The van der Waals surface area contributed by atoms with Gasteiger partial charge in [0.2, 0.25) is 0 Å². The number of rotatable bonds is 3. The van der Waals surface area contributed by atoms with E-state index in [0.29, 0.717) is 11.4 Å². The van der Waals surface area contributed by atoms with E-state index in [2.05, 4.69) is 37.3 Å². The number of hydrogen-bond donors (Lipinski definition) is 0. The highest BCUT2D eigenvalue weighted by molar-refractivity contribution is 6.31. The Kier molecular flexibility index (Phi) is 4.02. The Hall–Kier alpha value is -1.78. The summed E-state index contributed by atoms with van der Waals surface area (Å²) in [6.45, 7) is 2.06.